The van der Waals surface area contributed by atoms with Crippen LogP contribution in [0.25, 0.3) is 22.0 Å². The summed E-state index contributed by atoms with van der Waals surface area (Å²) >= 11 is 0. The molecule has 47 heavy (non-hydrogen) atoms. The van der Waals surface area contributed by atoms with Crippen molar-refractivity contribution in [1.29, 1.82) is 0 Å². The molecule has 1 fully saturated rings. The summed E-state index contributed by atoms with van der Waals surface area (Å²) in [5.74, 6) is 1.22. The van der Waals surface area contributed by atoms with Crippen molar-refractivity contribution in [2.75, 3.05) is 37.4 Å². The smallest absolute Gasteiger partial charge is 0.416 e. The second kappa shape index (κ2) is 14.0. The number of ether oxygens (including phenoxy) is 3. The number of nitrogens with one attached hydrogen (secondary N) is 2. The predicted molar refractivity (Wildman–Crippen MR) is 174 cm³/mol. The summed E-state index contributed by atoms with van der Waals surface area (Å²) in [6, 6.07) is 14.3. The number of hydrogen-bond acceptors (Lipinski definition) is 9. The Labute approximate surface area is 271 Å². The lowest BCUT2D eigenvalue weighted by Crippen LogP contribution is -2.47. The summed E-state index contributed by atoms with van der Waals surface area (Å²) in [5.41, 5.74) is 1.94. The number of rotatable bonds is 9. The number of carbonyl (C=O) groups is 1. The summed E-state index contributed by atoms with van der Waals surface area (Å²) in [5, 5.41) is 7.63. The lowest BCUT2D eigenvalue weighted by atomic mass is 10.0. The fourth-order valence-corrected chi connectivity index (χ4v) is 5.38. The number of anilines is 2. The molecule has 2 atom stereocenters. The highest BCUT2D eigenvalue weighted by Gasteiger charge is 2.39. The number of pyridine rings is 1. The number of halogens is 3. The second-order valence-electron chi connectivity index (χ2n) is 12.4. The minimum Gasteiger partial charge on any atom is -0.444 e. The Balaban J connectivity index is 1.37. The van der Waals surface area contributed by atoms with Crippen LogP contribution in [0.4, 0.5) is 29.6 Å². The van der Waals surface area contributed by atoms with E-state index < -0.39 is 24.4 Å². The monoisotopic (exact) mass is 652 g/mol. The highest BCUT2D eigenvalue weighted by atomic mass is 19.4. The number of methoxy groups -OCH3 is 1. The summed E-state index contributed by atoms with van der Waals surface area (Å²) in [4.78, 5) is 28.0. The molecule has 0 spiro atoms. The van der Waals surface area contributed by atoms with Gasteiger partial charge >= 0.3 is 12.3 Å². The number of aryl methyl sites for hydroxylation is 1. The first-order valence-corrected chi connectivity index (χ1v) is 15.4. The van der Waals surface area contributed by atoms with Gasteiger partial charge in [-0.25, -0.2) is 19.7 Å². The Morgan fingerprint density at radius 1 is 1.04 bits per heavy atom. The largest absolute Gasteiger partial charge is 0.444 e. The topological polar surface area (TPSA) is 111 Å². The normalized spacial score (nSPS) is 16.1. The van der Waals surface area contributed by atoms with Gasteiger partial charge in [0.2, 0.25) is 11.8 Å². The molecule has 10 nitrogen and oxygen atoms in total. The summed E-state index contributed by atoms with van der Waals surface area (Å²) in [7, 11) is 1.04. The third kappa shape index (κ3) is 8.39. The molecule has 4 aromatic rings. The van der Waals surface area contributed by atoms with Gasteiger partial charge < -0.3 is 29.7 Å². The molecule has 2 aromatic carbocycles. The number of likely N-dealkylation sites (tertiary alicyclic amines) is 1. The average Bonchev–Trinajstić information content (AvgIpc) is 3.02. The van der Waals surface area contributed by atoms with Gasteiger partial charge in [-0.3, -0.25) is 0 Å². The van der Waals surface area contributed by atoms with Crippen LogP contribution < -0.4 is 15.4 Å². The van der Waals surface area contributed by atoms with Gasteiger partial charge in [0.15, 0.2) is 6.10 Å². The van der Waals surface area contributed by atoms with E-state index in [-0.39, 0.29) is 12.1 Å². The lowest BCUT2D eigenvalue weighted by Gasteiger charge is -2.34. The highest BCUT2D eigenvalue weighted by molar-refractivity contribution is 5.98. The van der Waals surface area contributed by atoms with E-state index in [1.165, 1.54) is 0 Å². The first-order chi connectivity index (χ1) is 22.3. The van der Waals surface area contributed by atoms with Gasteiger partial charge in [-0.15, -0.1) is 0 Å². The number of nitrogens with zero attached hydrogens (tertiary/aromatic N) is 4. The van der Waals surface area contributed by atoms with E-state index >= 15 is 0 Å². The third-order valence-electron chi connectivity index (χ3n) is 7.64. The molecule has 0 bridgehead atoms. The molecule has 1 aliphatic heterocycles. The molecule has 5 rings (SSSR count). The van der Waals surface area contributed by atoms with Gasteiger partial charge in [0, 0.05) is 55.1 Å². The van der Waals surface area contributed by atoms with Crippen LogP contribution in [-0.4, -0.2) is 76.6 Å². The molecule has 2 N–H and O–H groups in total. The van der Waals surface area contributed by atoms with E-state index in [1.54, 1.807) is 41.6 Å². The maximum Gasteiger partial charge on any atom is 0.416 e. The van der Waals surface area contributed by atoms with Crippen LogP contribution in [0, 0.1) is 6.92 Å². The molecule has 0 saturated carbocycles. The number of amides is 1. The number of carbonyl (C=O) groups excluding carboxylic acids is 1. The highest BCUT2D eigenvalue weighted by Crippen LogP contribution is 2.39. The number of alkyl halides is 3. The van der Waals surface area contributed by atoms with Crippen LogP contribution >= 0.6 is 0 Å². The van der Waals surface area contributed by atoms with Gasteiger partial charge in [-0.1, -0.05) is 24.3 Å². The van der Waals surface area contributed by atoms with Gasteiger partial charge in [-0.2, -0.15) is 13.2 Å². The molecule has 13 heteroatoms. The van der Waals surface area contributed by atoms with E-state index in [9.17, 15) is 18.0 Å². The average molecular weight is 653 g/mol. The molecule has 0 unspecified atom stereocenters. The number of aromatic nitrogens is 3. The maximum atomic E-state index is 13.3. The first kappa shape index (κ1) is 33.7. The van der Waals surface area contributed by atoms with E-state index in [2.05, 4.69) is 25.3 Å². The zero-order valence-corrected chi connectivity index (χ0v) is 27.0. The van der Waals surface area contributed by atoms with E-state index in [0.29, 0.717) is 58.4 Å². The summed E-state index contributed by atoms with van der Waals surface area (Å²) in [6.45, 7) is 8.06. The van der Waals surface area contributed by atoms with Crippen molar-refractivity contribution >= 4 is 28.5 Å². The number of fused-ring (bicyclic) bond motifs is 1. The molecule has 2 aromatic heterocycles. The van der Waals surface area contributed by atoms with Crippen molar-refractivity contribution in [3.8, 4) is 22.9 Å². The van der Waals surface area contributed by atoms with Crippen molar-refractivity contribution in [3.05, 3.63) is 66.5 Å². The maximum absolute atomic E-state index is 13.3. The van der Waals surface area contributed by atoms with E-state index in [1.807, 2.05) is 52.0 Å². The van der Waals surface area contributed by atoms with Gasteiger partial charge in [-0.05, 0) is 70.4 Å². The molecule has 1 aliphatic rings. The number of piperidine rings is 1. The Kier molecular flexibility index (Phi) is 10.0. The first-order valence-electron chi connectivity index (χ1n) is 15.4. The van der Waals surface area contributed by atoms with Gasteiger partial charge in [0.05, 0.1) is 17.8 Å². The van der Waals surface area contributed by atoms with Crippen LogP contribution in [-0.2, 0) is 9.47 Å². The fraction of sp³-hybridized carbons (Fsp3) is 0.412. The molecule has 250 valence electrons. The Bertz CT molecular complexity index is 1710. The van der Waals surface area contributed by atoms with Crippen LogP contribution in [0.2, 0.25) is 0 Å². The van der Waals surface area contributed by atoms with Crippen molar-refractivity contribution in [2.45, 2.75) is 64.5 Å². The van der Waals surface area contributed by atoms with Crippen molar-refractivity contribution in [1.82, 2.24) is 19.9 Å². The quantitative estimate of drug-likeness (QED) is 0.189. The van der Waals surface area contributed by atoms with E-state index in [0.717, 1.165) is 25.5 Å². The zero-order valence-electron chi connectivity index (χ0n) is 27.0. The molecule has 0 radical (unpaired) electrons. The molecular formula is C34H39F3N6O4. The third-order valence-corrected chi connectivity index (χ3v) is 7.64. The van der Waals surface area contributed by atoms with Gasteiger partial charge in [0.25, 0.3) is 0 Å². The standard InChI is InChI=1S/C34H39F3N6O4/c1-21-13-14-23-24(10-6-12-26(23)40-19-28(45-5)34(35,36)37)29(21)46-30-25(11-7-16-38-30)27-15-17-39-31(42-27)41-22-9-8-18-43(20-22)32(44)47-33(2,3)4/h6-7,10-17,22,28,40H,8-9,18-20H2,1-5H3,(H,39,41,42)/t22-,28-/m0/s1. The van der Waals surface area contributed by atoms with Crippen molar-refractivity contribution < 1.29 is 32.2 Å². The summed E-state index contributed by atoms with van der Waals surface area (Å²) in [6.07, 6.45) is -1.89. The number of benzene rings is 2. The number of hydrogen-bond donors (Lipinski definition) is 2. The van der Waals surface area contributed by atoms with E-state index in [4.69, 9.17) is 14.5 Å². The Morgan fingerprint density at radius 2 is 1.85 bits per heavy atom. The zero-order chi connectivity index (χ0) is 33.8. The van der Waals surface area contributed by atoms with Gasteiger partial charge in [0.1, 0.15) is 11.4 Å². The SMILES string of the molecule is CO[C@@H](CNc1cccc2c(Oc3ncccc3-c3ccnc(N[C@H]4CCCN(C(=O)OC(C)(C)C)C4)n3)c(C)ccc12)C(F)(F)F. The lowest BCUT2D eigenvalue weighted by molar-refractivity contribution is -0.207. The van der Waals surface area contributed by atoms with Crippen LogP contribution in [0.15, 0.2) is 60.9 Å². The van der Waals surface area contributed by atoms with Crippen LogP contribution in [0.3, 0.4) is 0 Å². The molecule has 3 heterocycles. The van der Waals surface area contributed by atoms with Crippen LogP contribution in [0.5, 0.6) is 11.6 Å². The molecular weight excluding hydrogens is 613 g/mol. The second-order valence-corrected chi connectivity index (χ2v) is 12.4. The minimum atomic E-state index is -4.50. The molecule has 1 saturated heterocycles. The Hall–Kier alpha value is -4.65. The molecule has 0 aliphatic carbocycles. The van der Waals surface area contributed by atoms with Crippen molar-refractivity contribution in [3.63, 3.8) is 0 Å². The Morgan fingerprint density at radius 3 is 2.60 bits per heavy atom. The van der Waals surface area contributed by atoms with Crippen molar-refractivity contribution in [2.24, 2.45) is 0 Å². The van der Waals surface area contributed by atoms with Crippen LogP contribution in [0.1, 0.15) is 39.2 Å². The fourth-order valence-electron chi connectivity index (χ4n) is 5.38. The summed E-state index contributed by atoms with van der Waals surface area (Å²) < 4.78 is 56.5. The predicted octanol–water partition coefficient (Wildman–Crippen LogP) is 7.59. The minimum absolute atomic E-state index is 0.0624. The molecule has 1 amide bonds.